The minimum absolute atomic E-state index is 0.682. The molecule has 0 amide bonds. The molecule has 1 heteroatoms. The van der Waals surface area contributed by atoms with Crippen molar-refractivity contribution in [3.05, 3.63) is 54.6 Å². The fraction of sp³-hybridized carbons (Fsp3) is 0.444. The van der Waals surface area contributed by atoms with Crippen LogP contribution < -0.4 is 4.90 Å². The number of allylic oxidation sites excluding steroid dienone is 3. The van der Waals surface area contributed by atoms with Crippen molar-refractivity contribution in [1.29, 1.82) is 0 Å². The van der Waals surface area contributed by atoms with E-state index in [1.807, 2.05) is 0 Å². The smallest absolute Gasteiger partial charge is 0.0402 e. The average Bonchev–Trinajstić information content (AvgIpc) is 2.64. The lowest BCUT2D eigenvalue weighted by molar-refractivity contribution is -0.0892. The molecule has 1 aromatic rings. The summed E-state index contributed by atoms with van der Waals surface area (Å²) in [6.07, 6.45) is 6.82. The summed E-state index contributed by atoms with van der Waals surface area (Å²) in [6.45, 7) is 6.21. The number of fused-ring (bicyclic) bond motifs is 6. The molecule has 2 aliphatic carbocycles. The van der Waals surface area contributed by atoms with Crippen molar-refractivity contribution < 1.29 is 0 Å². The number of likely N-dealkylation sites (N-methyl/N-ethyl adjacent to an activating group) is 1. The predicted molar refractivity (Wildman–Crippen MR) is 80.3 cm³/mol. The van der Waals surface area contributed by atoms with Crippen LogP contribution in [0.1, 0.15) is 18.4 Å². The highest BCUT2D eigenvalue weighted by Crippen LogP contribution is 2.70. The third-order valence-electron chi connectivity index (χ3n) is 5.76. The largest absolute Gasteiger partial charge is 0.370 e. The SMILES string of the molecule is C=CC1C(C=CC)C2C1C1c3ccccc3N(C)C12. The van der Waals surface area contributed by atoms with E-state index < -0.39 is 0 Å². The lowest BCUT2D eigenvalue weighted by atomic mass is 9.40. The maximum absolute atomic E-state index is 4.08. The first-order valence-corrected chi connectivity index (χ1v) is 7.36. The van der Waals surface area contributed by atoms with Gasteiger partial charge in [0.25, 0.3) is 0 Å². The lowest BCUT2D eigenvalue weighted by Crippen LogP contribution is -2.67. The first-order valence-electron chi connectivity index (χ1n) is 7.36. The number of anilines is 1. The summed E-state index contributed by atoms with van der Waals surface area (Å²) in [5, 5.41) is 0. The van der Waals surface area contributed by atoms with Crippen LogP contribution in [0.3, 0.4) is 0 Å². The zero-order valence-corrected chi connectivity index (χ0v) is 11.7. The maximum atomic E-state index is 4.08. The first-order chi connectivity index (χ1) is 9.29. The van der Waals surface area contributed by atoms with E-state index in [0.29, 0.717) is 11.8 Å². The molecule has 4 rings (SSSR count). The maximum Gasteiger partial charge on any atom is 0.0402 e. The van der Waals surface area contributed by atoms with Crippen LogP contribution in [0, 0.1) is 23.7 Å². The molecule has 0 N–H and O–H groups in total. The van der Waals surface area contributed by atoms with E-state index >= 15 is 0 Å². The Balaban J connectivity index is 1.73. The van der Waals surface area contributed by atoms with Gasteiger partial charge in [-0.3, -0.25) is 0 Å². The Morgan fingerprint density at radius 1 is 1.16 bits per heavy atom. The fourth-order valence-corrected chi connectivity index (χ4v) is 5.07. The highest BCUT2D eigenvalue weighted by molar-refractivity contribution is 5.65. The van der Waals surface area contributed by atoms with Gasteiger partial charge in [-0.05, 0) is 42.2 Å². The summed E-state index contributed by atoms with van der Waals surface area (Å²) < 4.78 is 0. The molecule has 0 aromatic heterocycles. The Morgan fingerprint density at radius 3 is 2.68 bits per heavy atom. The van der Waals surface area contributed by atoms with Crippen molar-refractivity contribution >= 4 is 5.69 Å². The van der Waals surface area contributed by atoms with Crippen LogP contribution >= 0.6 is 0 Å². The third kappa shape index (κ3) is 1.17. The summed E-state index contributed by atoms with van der Waals surface area (Å²) in [7, 11) is 2.27. The van der Waals surface area contributed by atoms with E-state index in [1.165, 1.54) is 5.69 Å². The standard InChI is InChI=1S/C18H21N/c1-4-8-12-11(5-2)15-16(12)18-17(15)13-9-6-7-10-14(13)19(18)3/h4-12,15-18H,2H2,1,3H3. The van der Waals surface area contributed by atoms with E-state index in [4.69, 9.17) is 0 Å². The van der Waals surface area contributed by atoms with Crippen LogP contribution in [0.25, 0.3) is 0 Å². The van der Waals surface area contributed by atoms with Crippen LogP contribution in [0.15, 0.2) is 49.1 Å². The molecule has 2 fully saturated rings. The second-order valence-electron chi connectivity index (χ2n) is 6.26. The highest BCUT2D eigenvalue weighted by Gasteiger charge is 2.68. The Bertz CT molecular complexity index is 559. The molecule has 6 unspecified atom stereocenters. The van der Waals surface area contributed by atoms with Crippen molar-refractivity contribution in [2.24, 2.45) is 23.7 Å². The molecular formula is C18H21N. The molecule has 1 aliphatic heterocycles. The summed E-state index contributed by atoms with van der Waals surface area (Å²) in [5.41, 5.74) is 3.02. The van der Waals surface area contributed by atoms with Gasteiger partial charge < -0.3 is 4.90 Å². The van der Waals surface area contributed by atoms with E-state index in [1.54, 1.807) is 5.56 Å². The van der Waals surface area contributed by atoms with Gasteiger partial charge in [0.2, 0.25) is 0 Å². The Labute approximate surface area is 115 Å². The van der Waals surface area contributed by atoms with Gasteiger partial charge in [0.1, 0.15) is 0 Å². The molecule has 1 aromatic carbocycles. The van der Waals surface area contributed by atoms with Gasteiger partial charge >= 0.3 is 0 Å². The van der Waals surface area contributed by atoms with E-state index in [-0.39, 0.29) is 0 Å². The molecule has 0 saturated heterocycles. The number of benzene rings is 1. The Kier molecular flexibility index (Phi) is 2.24. The average molecular weight is 251 g/mol. The summed E-state index contributed by atoms with van der Waals surface area (Å²) in [4.78, 5) is 2.52. The molecule has 0 bridgehead atoms. The molecule has 1 nitrogen and oxygen atoms in total. The quantitative estimate of drug-likeness (QED) is 0.722. The minimum atomic E-state index is 0.682. The normalized spacial score (nSPS) is 42.1. The molecule has 2 saturated carbocycles. The zero-order valence-electron chi connectivity index (χ0n) is 11.7. The zero-order chi connectivity index (χ0) is 13.1. The lowest BCUT2D eigenvalue weighted by Gasteiger charge is -2.66. The molecule has 6 atom stereocenters. The Morgan fingerprint density at radius 2 is 1.95 bits per heavy atom. The van der Waals surface area contributed by atoms with Gasteiger partial charge in [-0.15, -0.1) is 6.58 Å². The monoisotopic (exact) mass is 251 g/mol. The Hall–Kier alpha value is -1.50. The van der Waals surface area contributed by atoms with E-state index in [2.05, 4.69) is 67.9 Å². The number of nitrogens with zero attached hydrogens (tertiary/aromatic N) is 1. The van der Waals surface area contributed by atoms with E-state index in [9.17, 15) is 0 Å². The van der Waals surface area contributed by atoms with Crippen LogP contribution in [0.2, 0.25) is 0 Å². The molecule has 98 valence electrons. The van der Waals surface area contributed by atoms with Crippen LogP contribution in [0.4, 0.5) is 5.69 Å². The minimum Gasteiger partial charge on any atom is -0.370 e. The van der Waals surface area contributed by atoms with Gasteiger partial charge in [-0.1, -0.05) is 36.4 Å². The summed E-state index contributed by atoms with van der Waals surface area (Å²) >= 11 is 0. The molecule has 3 aliphatic rings. The number of hydrogen-bond donors (Lipinski definition) is 0. The first kappa shape index (κ1) is 11.3. The summed E-state index contributed by atoms with van der Waals surface area (Å²) in [6, 6.07) is 9.68. The van der Waals surface area contributed by atoms with Crippen LogP contribution in [0.5, 0.6) is 0 Å². The second kappa shape index (κ2) is 3.75. The molecule has 1 heterocycles. The number of hydrogen-bond acceptors (Lipinski definition) is 1. The molecule has 19 heavy (non-hydrogen) atoms. The third-order valence-corrected chi connectivity index (χ3v) is 5.76. The second-order valence-corrected chi connectivity index (χ2v) is 6.26. The molecule has 0 radical (unpaired) electrons. The van der Waals surface area contributed by atoms with Crippen LogP contribution in [-0.4, -0.2) is 13.1 Å². The van der Waals surface area contributed by atoms with Crippen LogP contribution in [-0.2, 0) is 0 Å². The van der Waals surface area contributed by atoms with Gasteiger partial charge in [0, 0.05) is 24.7 Å². The molecule has 0 spiro atoms. The number of para-hydroxylation sites is 1. The highest BCUT2D eigenvalue weighted by atomic mass is 15.2. The number of rotatable bonds is 2. The van der Waals surface area contributed by atoms with Gasteiger partial charge in [0.15, 0.2) is 0 Å². The van der Waals surface area contributed by atoms with Crippen molar-refractivity contribution in [3.8, 4) is 0 Å². The van der Waals surface area contributed by atoms with Gasteiger partial charge in [0.05, 0.1) is 0 Å². The fourth-order valence-electron chi connectivity index (χ4n) is 5.07. The molecular weight excluding hydrogens is 230 g/mol. The van der Waals surface area contributed by atoms with Gasteiger partial charge in [-0.25, -0.2) is 0 Å². The predicted octanol–water partition coefficient (Wildman–Crippen LogP) is 3.84. The summed E-state index contributed by atoms with van der Waals surface area (Å²) in [5.74, 6) is 3.81. The van der Waals surface area contributed by atoms with Gasteiger partial charge in [-0.2, -0.15) is 0 Å². The van der Waals surface area contributed by atoms with E-state index in [0.717, 1.165) is 23.8 Å². The van der Waals surface area contributed by atoms with Crippen molar-refractivity contribution in [2.75, 3.05) is 11.9 Å². The van der Waals surface area contributed by atoms with Crippen molar-refractivity contribution in [1.82, 2.24) is 0 Å². The van der Waals surface area contributed by atoms with Crippen molar-refractivity contribution in [3.63, 3.8) is 0 Å². The topological polar surface area (TPSA) is 3.24 Å². The van der Waals surface area contributed by atoms with Crippen molar-refractivity contribution in [2.45, 2.75) is 18.9 Å².